The van der Waals surface area contributed by atoms with E-state index < -0.39 is 0 Å². The third kappa shape index (κ3) is 1300. The van der Waals surface area contributed by atoms with Gasteiger partial charge in [-0.1, -0.05) is 0 Å². The van der Waals surface area contributed by atoms with E-state index in [1.165, 1.54) is 0 Å². The Morgan fingerprint density at radius 3 is 1.33 bits per heavy atom. The predicted octanol–water partition coefficient (Wildman–Crippen LogP) is -0.525. The Morgan fingerprint density at radius 2 is 1.33 bits per heavy atom. The third-order valence-electron chi connectivity index (χ3n) is 0. The number of guanidine groups is 1. The smallest absolute Gasteiger partial charge is 0.183 e. The largest absolute Gasteiger partial charge is 0.370 e. The van der Waals surface area contributed by atoms with Crippen molar-refractivity contribution in [2.24, 2.45) is 11.5 Å². The van der Waals surface area contributed by atoms with Gasteiger partial charge in [-0.15, -0.1) is 17.0 Å². The molecule has 0 bridgehead atoms. The molecule has 0 aromatic carbocycles. The van der Waals surface area contributed by atoms with Crippen molar-refractivity contribution in [1.82, 2.24) is 0 Å². The van der Waals surface area contributed by atoms with Crippen LogP contribution in [0.4, 0.5) is 0 Å². The second-order valence-electron chi connectivity index (χ2n) is 0.455. The Morgan fingerprint density at radius 1 is 1.33 bits per heavy atom. The zero-order valence-corrected chi connectivity index (χ0v) is 6.40. The van der Waals surface area contributed by atoms with E-state index in [2.05, 4.69) is 11.5 Å². The molecule has 0 spiro atoms. The lowest BCUT2D eigenvalue weighted by molar-refractivity contribution is 1.39. The highest BCUT2D eigenvalue weighted by Crippen LogP contribution is 1.13. The lowest BCUT2D eigenvalue weighted by Gasteiger charge is -1.69. The molecule has 40 valence electrons. The van der Waals surface area contributed by atoms with Crippen LogP contribution in [0, 0.1) is 5.41 Å². The van der Waals surface area contributed by atoms with Crippen molar-refractivity contribution >= 4 is 32.8 Å². The first-order valence-electron chi connectivity index (χ1n) is 0.827. The molecule has 1 atom stereocenters. The highest BCUT2D eigenvalue weighted by atomic mass is 79.9. The summed E-state index contributed by atoms with van der Waals surface area (Å²) in [6.45, 7) is 0. The second-order valence-corrected chi connectivity index (χ2v) is 0.455. The van der Waals surface area contributed by atoms with Crippen LogP contribution in [-0.2, 0) is 0 Å². The molecule has 0 aromatic heterocycles. The maximum absolute atomic E-state index is 6.06. The Hall–Kier alpha value is 0.180. The summed E-state index contributed by atoms with van der Waals surface area (Å²) < 4.78 is 0. The van der Waals surface area contributed by atoms with E-state index in [9.17, 15) is 0 Å². The summed E-state index contributed by atoms with van der Waals surface area (Å²) >= 11 is 0. The number of halogens is 1. The topological polar surface area (TPSA) is 75.9 Å². The molecule has 0 saturated carbocycles. The molecule has 0 aliphatic rings. The molecule has 3 nitrogen and oxygen atoms in total. The van der Waals surface area contributed by atoms with Gasteiger partial charge in [0.25, 0.3) is 0 Å². The molecule has 0 aromatic rings. The average Bonchev–Trinajstić information content (AvgIpc) is 0.811. The van der Waals surface area contributed by atoms with Crippen LogP contribution in [0.1, 0.15) is 0 Å². The van der Waals surface area contributed by atoms with Gasteiger partial charge >= 0.3 is 0 Å². The second kappa shape index (κ2) is 8.95. The van der Waals surface area contributed by atoms with Gasteiger partial charge in [-0.3, -0.25) is 5.41 Å². The molecule has 0 rings (SSSR count). The monoisotopic (exact) mass is 173 g/mol. The van der Waals surface area contributed by atoms with Gasteiger partial charge in [0.2, 0.25) is 0 Å². The first kappa shape index (κ1) is 16.4. The third-order valence-corrected chi connectivity index (χ3v) is 0. The number of rotatable bonds is 0. The number of hydrogen-bond acceptors (Lipinski definition) is 1. The van der Waals surface area contributed by atoms with Gasteiger partial charge in [-0.25, -0.2) is 0 Å². The van der Waals surface area contributed by atoms with Crippen molar-refractivity contribution in [2.45, 2.75) is 0 Å². The van der Waals surface area contributed by atoms with Crippen LogP contribution < -0.4 is 11.5 Å². The molecule has 1 unspecified atom stereocenters. The van der Waals surface area contributed by atoms with Crippen molar-refractivity contribution in [1.29, 1.82) is 5.41 Å². The zero-order valence-electron chi connectivity index (χ0n) is 3.27. The zero-order chi connectivity index (χ0) is 3.58. The fraction of sp³-hybridized carbons (Fsp3) is 0. The number of nitrogens with two attached hydrogens (primary N) is 2. The SMILES string of the molecule is Br.N=C(N)N.P. The quantitative estimate of drug-likeness (QED) is 0.262. The van der Waals surface area contributed by atoms with E-state index in [0.29, 0.717) is 0 Å². The first-order valence-corrected chi connectivity index (χ1v) is 0.827. The van der Waals surface area contributed by atoms with Crippen molar-refractivity contribution in [3.05, 3.63) is 0 Å². The summed E-state index contributed by atoms with van der Waals surface area (Å²) in [5, 5.41) is 6.06. The van der Waals surface area contributed by atoms with Crippen LogP contribution >= 0.6 is 26.9 Å². The molecule has 0 aliphatic carbocycles. The Balaban J connectivity index is -0.0000000450. The minimum Gasteiger partial charge on any atom is -0.370 e. The van der Waals surface area contributed by atoms with Gasteiger partial charge in [-0.05, 0) is 0 Å². The molecule has 0 amide bonds. The van der Waals surface area contributed by atoms with Crippen molar-refractivity contribution in [2.75, 3.05) is 0 Å². The number of nitrogens with one attached hydrogen (secondary N) is 1. The van der Waals surface area contributed by atoms with Gasteiger partial charge in [0.05, 0.1) is 0 Å². The van der Waals surface area contributed by atoms with Crippen LogP contribution in [-0.4, -0.2) is 5.96 Å². The fourth-order valence-corrected chi connectivity index (χ4v) is 0. The van der Waals surface area contributed by atoms with Crippen molar-refractivity contribution in [3.8, 4) is 0 Å². The van der Waals surface area contributed by atoms with Crippen LogP contribution in [0.15, 0.2) is 0 Å². The van der Waals surface area contributed by atoms with E-state index >= 15 is 0 Å². The van der Waals surface area contributed by atoms with Gasteiger partial charge in [0, 0.05) is 0 Å². The summed E-state index contributed by atoms with van der Waals surface area (Å²) in [6, 6.07) is 0. The normalized spacial score (nSPS) is 4.00. The minimum absolute atomic E-state index is 0. The minimum atomic E-state index is -0.333. The van der Waals surface area contributed by atoms with E-state index in [4.69, 9.17) is 5.41 Å². The van der Waals surface area contributed by atoms with Crippen LogP contribution in [0.2, 0.25) is 0 Å². The Kier molecular flexibility index (Phi) is 24.5. The molecule has 0 aliphatic heterocycles. The molecule has 5 N–H and O–H groups in total. The van der Waals surface area contributed by atoms with Crippen molar-refractivity contribution < 1.29 is 0 Å². The van der Waals surface area contributed by atoms with Gasteiger partial charge in [-0.2, -0.15) is 9.90 Å². The van der Waals surface area contributed by atoms with Crippen LogP contribution in [0.3, 0.4) is 0 Å². The molecular weight excluding hydrogens is 165 g/mol. The summed E-state index contributed by atoms with van der Waals surface area (Å²) in [5.41, 5.74) is 8.94. The molecule has 0 fully saturated rings. The summed E-state index contributed by atoms with van der Waals surface area (Å²) in [7, 11) is 0. The van der Waals surface area contributed by atoms with Gasteiger partial charge in [0.15, 0.2) is 5.96 Å². The number of hydrogen-bond donors (Lipinski definition) is 3. The molecule has 0 heterocycles. The lowest BCUT2D eigenvalue weighted by atomic mass is 11.1. The molecule has 6 heavy (non-hydrogen) atoms. The van der Waals surface area contributed by atoms with E-state index in [1.54, 1.807) is 0 Å². The molecule has 5 heteroatoms. The van der Waals surface area contributed by atoms with E-state index in [0.717, 1.165) is 0 Å². The standard InChI is InChI=1S/CH5N3.BrH.H3P/c2-1(3)4;;/h(H5,2,3,4);1H;1H3. The van der Waals surface area contributed by atoms with Crippen LogP contribution in [0.5, 0.6) is 0 Å². The maximum atomic E-state index is 6.06. The Labute approximate surface area is 50.4 Å². The summed E-state index contributed by atoms with van der Waals surface area (Å²) in [5.74, 6) is -0.333. The van der Waals surface area contributed by atoms with Gasteiger partial charge in [0.1, 0.15) is 0 Å². The van der Waals surface area contributed by atoms with Crippen molar-refractivity contribution in [3.63, 3.8) is 0 Å². The predicted molar refractivity (Wildman–Crippen MR) is 37.5 cm³/mol. The molecule has 0 radical (unpaired) electrons. The summed E-state index contributed by atoms with van der Waals surface area (Å²) in [4.78, 5) is 0. The molecule has 0 saturated heterocycles. The average molecular weight is 174 g/mol. The van der Waals surface area contributed by atoms with E-state index in [1.807, 2.05) is 0 Å². The first-order chi connectivity index (χ1) is 1.73. The highest BCUT2D eigenvalue weighted by Gasteiger charge is 1.52. The highest BCUT2D eigenvalue weighted by molar-refractivity contribution is 8.93. The molecular formula is CH9BrN3P. The van der Waals surface area contributed by atoms with Gasteiger partial charge < -0.3 is 11.5 Å². The Bertz CT molecular complexity index is 33.8. The fourth-order valence-electron chi connectivity index (χ4n) is 0. The lowest BCUT2D eigenvalue weighted by Crippen LogP contribution is -2.20. The van der Waals surface area contributed by atoms with Crippen LogP contribution in [0.25, 0.3) is 0 Å². The maximum Gasteiger partial charge on any atom is 0.183 e. The summed E-state index contributed by atoms with van der Waals surface area (Å²) in [6.07, 6.45) is 0. The van der Waals surface area contributed by atoms with E-state index in [-0.39, 0.29) is 32.8 Å².